The second kappa shape index (κ2) is 4.55. The Balaban J connectivity index is 3.45. The van der Waals surface area contributed by atoms with Crippen molar-refractivity contribution in [2.75, 3.05) is 19.0 Å². The van der Waals surface area contributed by atoms with Crippen LogP contribution in [-0.2, 0) is 4.79 Å². The van der Waals surface area contributed by atoms with Gasteiger partial charge in [-0.15, -0.1) is 11.6 Å². The average molecular weight is 153 g/mol. The Morgan fingerprint density at radius 1 is 1.78 bits per heavy atom. The van der Waals surface area contributed by atoms with Gasteiger partial charge in [-0.1, -0.05) is 0 Å². The van der Waals surface area contributed by atoms with Crippen molar-refractivity contribution in [1.29, 1.82) is 0 Å². The molecule has 0 rings (SSSR count). The van der Waals surface area contributed by atoms with E-state index in [1.54, 1.807) is 0 Å². The molecule has 9 heavy (non-hydrogen) atoms. The highest BCUT2D eigenvalue weighted by atomic mass is 35.5. The van der Waals surface area contributed by atoms with Gasteiger partial charge in [-0.3, -0.25) is 9.80 Å². The number of alkyl halides is 1. The number of rotatable bonds is 3. The van der Waals surface area contributed by atoms with Gasteiger partial charge in [0, 0.05) is 0 Å². The number of carbonyl (C=O) groups excluding carboxylic acids is 1. The lowest BCUT2D eigenvalue weighted by atomic mass is 10.6. The normalized spacial score (nSPS) is 9.22. The number of halogens is 1. The summed E-state index contributed by atoms with van der Waals surface area (Å²) in [5.41, 5.74) is 0. The third-order valence-corrected chi connectivity index (χ3v) is 1.00. The number of aliphatic hydroxyl groups is 1. The van der Waals surface area contributed by atoms with Gasteiger partial charge in [-0.25, -0.2) is 5.84 Å². The fourth-order valence-corrected chi connectivity index (χ4v) is 0.463. The Kier molecular flexibility index (Phi) is 4.39. The average Bonchev–Trinajstić information content (AvgIpc) is 1.87. The van der Waals surface area contributed by atoms with E-state index in [0.29, 0.717) is 0 Å². The Morgan fingerprint density at radius 3 is 2.67 bits per heavy atom. The van der Waals surface area contributed by atoms with Crippen LogP contribution in [0.25, 0.3) is 0 Å². The van der Waals surface area contributed by atoms with Crippen LogP contribution in [0.15, 0.2) is 0 Å². The van der Waals surface area contributed by atoms with Gasteiger partial charge in [-0.05, 0) is 0 Å². The van der Waals surface area contributed by atoms with Gasteiger partial charge in [0.15, 0.2) is 0 Å². The van der Waals surface area contributed by atoms with E-state index in [-0.39, 0.29) is 24.9 Å². The molecule has 0 aliphatic heterocycles. The van der Waals surface area contributed by atoms with Crippen LogP contribution >= 0.6 is 11.6 Å². The number of carbonyl (C=O) groups is 1. The zero-order valence-corrected chi connectivity index (χ0v) is 5.64. The molecular formula is C4H9ClN2O2. The predicted octanol–water partition coefficient (Wildman–Crippen LogP) is -1.08. The molecule has 0 fully saturated rings. The van der Waals surface area contributed by atoms with Crippen molar-refractivity contribution in [2.45, 2.75) is 0 Å². The first-order chi connectivity index (χ1) is 4.22. The summed E-state index contributed by atoms with van der Waals surface area (Å²) in [5.74, 6) is 4.55. The molecule has 0 unspecified atom stereocenters. The summed E-state index contributed by atoms with van der Waals surface area (Å²) in [6, 6.07) is 0. The van der Waals surface area contributed by atoms with Gasteiger partial charge in [0.1, 0.15) is 5.88 Å². The molecule has 0 aliphatic rings. The quantitative estimate of drug-likeness (QED) is 0.234. The smallest absolute Gasteiger partial charge is 0.251 e. The Morgan fingerprint density at radius 2 is 2.33 bits per heavy atom. The molecule has 1 amide bonds. The Hall–Kier alpha value is -0.320. The minimum Gasteiger partial charge on any atom is -0.394 e. The number of nitrogens with zero attached hydrogens (tertiary/aromatic N) is 1. The maximum atomic E-state index is 10.5. The van der Waals surface area contributed by atoms with Crippen LogP contribution in [0.2, 0.25) is 0 Å². The van der Waals surface area contributed by atoms with Crippen molar-refractivity contribution < 1.29 is 9.90 Å². The molecule has 0 aromatic rings. The predicted molar refractivity (Wildman–Crippen MR) is 33.7 cm³/mol. The summed E-state index contributed by atoms with van der Waals surface area (Å²) in [6.07, 6.45) is 0. The highest BCUT2D eigenvalue weighted by molar-refractivity contribution is 6.27. The van der Waals surface area contributed by atoms with Crippen molar-refractivity contribution in [2.24, 2.45) is 5.84 Å². The topological polar surface area (TPSA) is 66.6 Å². The second-order valence-electron chi connectivity index (χ2n) is 1.44. The minimum absolute atomic E-state index is 0.131. The van der Waals surface area contributed by atoms with E-state index in [4.69, 9.17) is 22.6 Å². The lowest BCUT2D eigenvalue weighted by Crippen LogP contribution is -2.40. The van der Waals surface area contributed by atoms with E-state index < -0.39 is 0 Å². The van der Waals surface area contributed by atoms with E-state index >= 15 is 0 Å². The molecule has 0 spiro atoms. The second-order valence-corrected chi connectivity index (χ2v) is 1.71. The van der Waals surface area contributed by atoms with Crippen LogP contribution in [0.5, 0.6) is 0 Å². The molecule has 0 saturated heterocycles. The van der Waals surface area contributed by atoms with Crippen LogP contribution in [0.4, 0.5) is 0 Å². The maximum absolute atomic E-state index is 10.5. The summed E-state index contributed by atoms with van der Waals surface area (Å²) in [7, 11) is 0. The van der Waals surface area contributed by atoms with Gasteiger partial charge < -0.3 is 5.11 Å². The number of aliphatic hydroxyl groups excluding tert-OH is 1. The molecule has 5 heteroatoms. The zero-order chi connectivity index (χ0) is 7.28. The van der Waals surface area contributed by atoms with Gasteiger partial charge in [-0.2, -0.15) is 0 Å². The molecule has 0 aromatic heterocycles. The Bertz CT molecular complexity index is 98.6. The monoisotopic (exact) mass is 152 g/mol. The molecule has 0 aromatic carbocycles. The molecule has 0 atom stereocenters. The van der Waals surface area contributed by atoms with Crippen molar-refractivity contribution in [3.05, 3.63) is 0 Å². The molecule has 0 heterocycles. The number of nitrogens with two attached hydrogens (primary N) is 1. The van der Waals surface area contributed by atoms with Crippen molar-refractivity contribution >= 4 is 17.5 Å². The summed E-state index contributed by atoms with van der Waals surface area (Å²) in [4.78, 5) is 10.5. The number of hydrogen-bond donors (Lipinski definition) is 2. The van der Waals surface area contributed by atoms with Crippen LogP contribution in [-0.4, -0.2) is 35.1 Å². The van der Waals surface area contributed by atoms with Crippen LogP contribution in [0.1, 0.15) is 0 Å². The van der Waals surface area contributed by atoms with Crippen LogP contribution in [0, 0.1) is 0 Å². The first kappa shape index (κ1) is 8.68. The molecule has 0 bridgehead atoms. The lowest BCUT2D eigenvalue weighted by molar-refractivity contribution is -0.129. The fourth-order valence-electron chi connectivity index (χ4n) is 0.309. The Labute approximate surface area is 58.2 Å². The van der Waals surface area contributed by atoms with E-state index in [1.807, 2.05) is 0 Å². The summed E-state index contributed by atoms with van der Waals surface area (Å²) < 4.78 is 0. The fraction of sp³-hybridized carbons (Fsp3) is 0.750. The lowest BCUT2D eigenvalue weighted by Gasteiger charge is -2.12. The summed E-state index contributed by atoms with van der Waals surface area (Å²) >= 11 is 5.13. The highest BCUT2D eigenvalue weighted by Gasteiger charge is 2.04. The van der Waals surface area contributed by atoms with E-state index in [2.05, 4.69) is 0 Å². The molecular weight excluding hydrogens is 144 g/mol. The highest BCUT2D eigenvalue weighted by Crippen LogP contribution is 1.82. The summed E-state index contributed by atoms with van der Waals surface area (Å²) in [6.45, 7) is -0.00924. The number of amides is 1. The maximum Gasteiger partial charge on any atom is 0.251 e. The molecule has 0 aliphatic carbocycles. The first-order valence-corrected chi connectivity index (χ1v) is 2.97. The molecule has 3 N–H and O–H groups in total. The van der Waals surface area contributed by atoms with Gasteiger partial charge in [0.2, 0.25) is 0 Å². The van der Waals surface area contributed by atoms with E-state index in [0.717, 1.165) is 5.01 Å². The zero-order valence-electron chi connectivity index (χ0n) is 4.88. The molecule has 54 valence electrons. The van der Waals surface area contributed by atoms with Gasteiger partial charge in [0.25, 0.3) is 5.91 Å². The van der Waals surface area contributed by atoms with Gasteiger partial charge in [0.05, 0.1) is 13.2 Å². The van der Waals surface area contributed by atoms with Crippen molar-refractivity contribution in [3.8, 4) is 0 Å². The van der Waals surface area contributed by atoms with Crippen molar-refractivity contribution in [3.63, 3.8) is 0 Å². The third-order valence-electron chi connectivity index (χ3n) is 0.776. The van der Waals surface area contributed by atoms with Gasteiger partial charge >= 0.3 is 0 Å². The third kappa shape index (κ3) is 3.29. The number of hydrazine groups is 1. The van der Waals surface area contributed by atoms with Crippen LogP contribution in [0.3, 0.4) is 0 Å². The number of hydrogen-bond acceptors (Lipinski definition) is 3. The first-order valence-electron chi connectivity index (χ1n) is 2.44. The SMILES string of the molecule is NN(CCO)C(=O)CCl. The van der Waals surface area contributed by atoms with Crippen molar-refractivity contribution in [1.82, 2.24) is 5.01 Å². The van der Waals surface area contributed by atoms with Crippen LogP contribution < -0.4 is 5.84 Å². The molecule has 0 radical (unpaired) electrons. The van der Waals surface area contributed by atoms with E-state index in [9.17, 15) is 4.79 Å². The molecule has 0 saturated carbocycles. The minimum atomic E-state index is -0.384. The standard InChI is InChI=1S/C4H9ClN2O2/c5-3-4(9)7(6)1-2-8/h8H,1-3,6H2. The molecule has 4 nitrogen and oxygen atoms in total. The summed E-state index contributed by atoms with van der Waals surface area (Å²) in [5, 5.41) is 9.15. The van der Waals surface area contributed by atoms with E-state index in [1.165, 1.54) is 0 Å². The largest absolute Gasteiger partial charge is 0.394 e.